The highest BCUT2D eigenvalue weighted by molar-refractivity contribution is 6.32. The molecule has 1 atom stereocenters. The zero-order valence-electron chi connectivity index (χ0n) is 7.87. The van der Waals surface area contributed by atoms with Crippen molar-refractivity contribution in [3.63, 3.8) is 0 Å². The summed E-state index contributed by atoms with van der Waals surface area (Å²) in [5.41, 5.74) is 7.68. The SMILES string of the molecule is C[C@H](N)c1c(Cl)ccc2cccnc12. The monoisotopic (exact) mass is 206 g/mol. The molecule has 0 spiro atoms. The van der Waals surface area contributed by atoms with E-state index >= 15 is 0 Å². The lowest BCUT2D eigenvalue weighted by Gasteiger charge is -2.10. The number of benzene rings is 1. The maximum Gasteiger partial charge on any atom is 0.0764 e. The predicted octanol–water partition coefficient (Wildman–Crippen LogP) is 2.91. The van der Waals surface area contributed by atoms with Gasteiger partial charge in [0, 0.05) is 28.2 Å². The Labute approximate surface area is 87.7 Å². The van der Waals surface area contributed by atoms with Gasteiger partial charge in [0.25, 0.3) is 0 Å². The molecule has 1 aromatic heterocycles. The second-order valence-electron chi connectivity index (χ2n) is 3.32. The van der Waals surface area contributed by atoms with E-state index in [9.17, 15) is 0 Å². The van der Waals surface area contributed by atoms with E-state index in [0.717, 1.165) is 16.5 Å². The standard InChI is InChI=1S/C11H11ClN2/c1-7(13)10-9(12)5-4-8-3-2-6-14-11(8)10/h2-7H,13H2,1H3/t7-/m0/s1. The molecule has 0 amide bonds. The highest BCUT2D eigenvalue weighted by Gasteiger charge is 2.10. The minimum atomic E-state index is -0.0962. The van der Waals surface area contributed by atoms with Crippen molar-refractivity contribution in [1.82, 2.24) is 4.98 Å². The van der Waals surface area contributed by atoms with Crippen molar-refractivity contribution in [1.29, 1.82) is 0 Å². The van der Waals surface area contributed by atoms with Crippen LogP contribution in [0, 0.1) is 0 Å². The first-order chi connectivity index (χ1) is 6.70. The summed E-state index contributed by atoms with van der Waals surface area (Å²) in [5, 5.41) is 1.76. The molecule has 0 radical (unpaired) electrons. The van der Waals surface area contributed by atoms with Crippen molar-refractivity contribution in [2.24, 2.45) is 5.73 Å². The number of hydrogen-bond donors (Lipinski definition) is 1. The van der Waals surface area contributed by atoms with Crippen molar-refractivity contribution in [2.75, 3.05) is 0 Å². The smallest absolute Gasteiger partial charge is 0.0764 e. The van der Waals surface area contributed by atoms with Crippen LogP contribution in [0.25, 0.3) is 10.9 Å². The number of aromatic nitrogens is 1. The number of rotatable bonds is 1. The van der Waals surface area contributed by atoms with Gasteiger partial charge in [0.05, 0.1) is 5.52 Å². The second kappa shape index (κ2) is 3.56. The first kappa shape index (κ1) is 9.44. The lowest BCUT2D eigenvalue weighted by molar-refractivity contribution is 0.824. The number of nitrogens with two attached hydrogens (primary N) is 1. The number of halogens is 1. The van der Waals surface area contributed by atoms with Gasteiger partial charge in [0.15, 0.2) is 0 Å². The van der Waals surface area contributed by atoms with E-state index in [-0.39, 0.29) is 6.04 Å². The van der Waals surface area contributed by atoms with Crippen LogP contribution >= 0.6 is 11.6 Å². The average molecular weight is 207 g/mol. The number of nitrogens with zero attached hydrogens (tertiary/aromatic N) is 1. The lowest BCUT2D eigenvalue weighted by atomic mass is 10.0. The zero-order chi connectivity index (χ0) is 10.1. The van der Waals surface area contributed by atoms with Gasteiger partial charge in [0.1, 0.15) is 0 Å². The third-order valence-electron chi connectivity index (χ3n) is 2.22. The van der Waals surface area contributed by atoms with Gasteiger partial charge in [-0.1, -0.05) is 23.7 Å². The van der Waals surface area contributed by atoms with E-state index in [2.05, 4.69) is 4.98 Å². The molecule has 14 heavy (non-hydrogen) atoms. The van der Waals surface area contributed by atoms with Crippen LogP contribution in [-0.2, 0) is 0 Å². The van der Waals surface area contributed by atoms with Crippen LogP contribution in [0.2, 0.25) is 5.02 Å². The molecule has 0 saturated carbocycles. The van der Waals surface area contributed by atoms with Crippen LogP contribution in [0.4, 0.5) is 0 Å². The number of fused-ring (bicyclic) bond motifs is 1. The molecule has 2 N–H and O–H groups in total. The van der Waals surface area contributed by atoms with E-state index < -0.39 is 0 Å². The Morgan fingerprint density at radius 3 is 2.86 bits per heavy atom. The van der Waals surface area contributed by atoms with Crippen molar-refractivity contribution in [3.8, 4) is 0 Å². The second-order valence-corrected chi connectivity index (χ2v) is 3.73. The molecule has 2 nitrogen and oxygen atoms in total. The summed E-state index contributed by atoms with van der Waals surface area (Å²) in [6, 6.07) is 7.63. The van der Waals surface area contributed by atoms with Gasteiger partial charge in [-0.2, -0.15) is 0 Å². The molecule has 0 fully saturated rings. The van der Waals surface area contributed by atoms with E-state index in [4.69, 9.17) is 17.3 Å². The van der Waals surface area contributed by atoms with Crippen LogP contribution in [-0.4, -0.2) is 4.98 Å². The van der Waals surface area contributed by atoms with Gasteiger partial charge in [0.2, 0.25) is 0 Å². The lowest BCUT2D eigenvalue weighted by Crippen LogP contribution is -2.07. The molecule has 1 heterocycles. The quantitative estimate of drug-likeness (QED) is 0.779. The van der Waals surface area contributed by atoms with Crippen molar-refractivity contribution >= 4 is 22.5 Å². The van der Waals surface area contributed by atoms with Gasteiger partial charge in [-0.05, 0) is 19.1 Å². The zero-order valence-corrected chi connectivity index (χ0v) is 8.62. The highest BCUT2D eigenvalue weighted by Crippen LogP contribution is 2.28. The Bertz CT molecular complexity index is 466. The summed E-state index contributed by atoms with van der Waals surface area (Å²) >= 11 is 6.08. The van der Waals surface area contributed by atoms with Crippen molar-refractivity contribution in [2.45, 2.75) is 13.0 Å². The Morgan fingerprint density at radius 1 is 1.36 bits per heavy atom. The highest BCUT2D eigenvalue weighted by atomic mass is 35.5. The average Bonchev–Trinajstić information content (AvgIpc) is 2.17. The molecular formula is C11H11ClN2. The van der Waals surface area contributed by atoms with Gasteiger partial charge < -0.3 is 5.73 Å². The van der Waals surface area contributed by atoms with Crippen LogP contribution in [0.15, 0.2) is 30.5 Å². The summed E-state index contributed by atoms with van der Waals surface area (Å²) in [6.07, 6.45) is 1.75. The molecule has 0 aliphatic heterocycles. The fraction of sp³-hybridized carbons (Fsp3) is 0.182. The van der Waals surface area contributed by atoms with E-state index in [0.29, 0.717) is 5.02 Å². The van der Waals surface area contributed by atoms with Gasteiger partial charge in [-0.25, -0.2) is 0 Å². The first-order valence-corrected chi connectivity index (χ1v) is 4.86. The molecule has 72 valence electrons. The molecular weight excluding hydrogens is 196 g/mol. The Morgan fingerprint density at radius 2 is 2.14 bits per heavy atom. The Balaban J connectivity index is 2.83. The van der Waals surface area contributed by atoms with Crippen LogP contribution in [0.5, 0.6) is 0 Å². The third-order valence-corrected chi connectivity index (χ3v) is 2.55. The molecule has 0 aliphatic carbocycles. The predicted molar refractivity (Wildman–Crippen MR) is 59.4 cm³/mol. The summed E-state index contributed by atoms with van der Waals surface area (Å²) in [6.45, 7) is 1.91. The van der Waals surface area contributed by atoms with Crippen LogP contribution in [0.1, 0.15) is 18.5 Å². The Hall–Kier alpha value is -1.12. The largest absolute Gasteiger partial charge is 0.324 e. The summed E-state index contributed by atoms with van der Waals surface area (Å²) in [5.74, 6) is 0. The minimum absolute atomic E-state index is 0.0962. The molecule has 2 rings (SSSR count). The van der Waals surface area contributed by atoms with E-state index in [1.807, 2.05) is 31.2 Å². The first-order valence-electron chi connectivity index (χ1n) is 4.49. The van der Waals surface area contributed by atoms with Gasteiger partial charge >= 0.3 is 0 Å². The van der Waals surface area contributed by atoms with Gasteiger partial charge in [-0.3, -0.25) is 4.98 Å². The normalized spacial score (nSPS) is 13.1. The number of pyridine rings is 1. The van der Waals surface area contributed by atoms with Gasteiger partial charge in [-0.15, -0.1) is 0 Å². The maximum atomic E-state index is 6.08. The van der Waals surface area contributed by atoms with E-state index in [1.165, 1.54) is 0 Å². The van der Waals surface area contributed by atoms with Crippen LogP contribution in [0.3, 0.4) is 0 Å². The van der Waals surface area contributed by atoms with E-state index in [1.54, 1.807) is 6.20 Å². The molecule has 0 bridgehead atoms. The summed E-state index contributed by atoms with van der Waals surface area (Å²) in [4.78, 5) is 4.30. The summed E-state index contributed by atoms with van der Waals surface area (Å²) in [7, 11) is 0. The molecule has 0 aliphatic rings. The molecule has 1 aromatic carbocycles. The van der Waals surface area contributed by atoms with Crippen LogP contribution < -0.4 is 5.73 Å². The number of hydrogen-bond acceptors (Lipinski definition) is 2. The third kappa shape index (κ3) is 1.47. The molecule has 2 aromatic rings. The fourth-order valence-corrected chi connectivity index (χ4v) is 1.90. The fourth-order valence-electron chi connectivity index (χ4n) is 1.58. The van der Waals surface area contributed by atoms with Crippen molar-refractivity contribution in [3.05, 3.63) is 41.0 Å². The summed E-state index contributed by atoms with van der Waals surface area (Å²) < 4.78 is 0. The topological polar surface area (TPSA) is 38.9 Å². The molecule has 0 saturated heterocycles. The van der Waals surface area contributed by atoms with Crippen molar-refractivity contribution < 1.29 is 0 Å². The Kier molecular flexibility index (Phi) is 2.40. The maximum absolute atomic E-state index is 6.08. The molecule has 3 heteroatoms. The minimum Gasteiger partial charge on any atom is -0.324 e. The molecule has 0 unspecified atom stereocenters.